The molecule has 0 saturated carbocycles. The summed E-state index contributed by atoms with van der Waals surface area (Å²) in [6.07, 6.45) is 3.56. The third-order valence-corrected chi connectivity index (χ3v) is 5.06. The van der Waals surface area contributed by atoms with Gasteiger partial charge in [0.25, 0.3) is 10.0 Å². The van der Waals surface area contributed by atoms with Crippen LogP contribution >= 0.6 is 11.8 Å². The van der Waals surface area contributed by atoms with Crippen molar-refractivity contribution in [3.8, 4) is 0 Å². The lowest BCUT2D eigenvalue weighted by Crippen LogP contribution is -2.31. The number of aromatic amines is 1. The van der Waals surface area contributed by atoms with Gasteiger partial charge in [-0.25, -0.2) is 13.1 Å². The number of nitrogens with zero attached hydrogens (tertiary/aromatic N) is 1. The van der Waals surface area contributed by atoms with Crippen LogP contribution in [0.3, 0.4) is 0 Å². The number of hydrogen-bond donors (Lipinski definition) is 3. The second kappa shape index (κ2) is 8.02. The highest BCUT2D eigenvalue weighted by molar-refractivity contribution is 7.98. The van der Waals surface area contributed by atoms with Gasteiger partial charge in [-0.05, 0) is 17.9 Å². The molecule has 0 aliphatic rings. The Hall–Kier alpha value is -0.570. The maximum Gasteiger partial charge on any atom is 0.257 e. The van der Waals surface area contributed by atoms with E-state index in [1.54, 1.807) is 18.0 Å². The average Bonchev–Trinajstić information content (AvgIpc) is 2.83. The van der Waals surface area contributed by atoms with Crippen LogP contribution in [0.1, 0.15) is 26.3 Å². The van der Waals surface area contributed by atoms with Crippen LogP contribution in [0.5, 0.6) is 0 Å². The van der Waals surface area contributed by atoms with Gasteiger partial charge in [0.1, 0.15) is 0 Å². The summed E-state index contributed by atoms with van der Waals surface area (Å²) in [5, 5.41) is 9.77. The molecule has 1 aromatic heterocycles. The molecule has 1 atom stereocenters. The molecule has 0 bridgehead atoms. The minimum absolute atomic E-state index is 0.155. The molecule has 116 valence electrons. The Balaban J connectivity index is 2.70. The van der Waals surface area contributed by atoms with Crippen LogP contribution in [0.2, 0.25) is 0 Å². The van der Waals surface area contributed by atoms with Gasteiger partial charge in [-0.1, -0.05) is 20.8 Å². The number of hydrogen-bond acceptors (Lipinski definition) is 5. The van der Waals surface area contributed by atoms with Crippen molar-refractivity contribution < 1.29 is 8.42 Å². The van der Waals surface area contributed by atoms with E-state index in [1.165, 1.54) is 0 Å². The molecule has 8 heteroatoms. The van der Waals surface area contributed by atoms with Crippen LogP contribution in [0.25, 0.3) is 0 Å². The monoisotopic (exact) mass is 320 g/mol. The fourth-order valence-electron chi connectivity index (χ4n) is 1.64. The molecule has 0 aliphatic heterocycles. The van der Waals surface area contributed by atoms with Crippen molar-refractivity contribution in [2.75, 3.05) is 18.6 Å². The number of H-pyrrole nitrogens is 1. The smallest absolute Gasteiger partial charge is 0.257 e. The zero-order chi connectivity index (χ0) is 15.2. The van der Waals surface area contributed by atoms with E-state index < -0.39 is 10.0 Å². The maximum absolute atomic E-state index is 12.3. The first-order valence-electron chi connectivity index (χ1n) is 6.61. The van der Waals surface area contributed by atoms with Gasteiger partial charge in [0.05, 0.1) is 6.20 Å². The zero-order valence-electron chi connectivity index (χ0n) is 12.4. The summed E-state index contributed by atoms with van der Waals surface area (Å²) in [7, 11) is -3.53. The van der Waals surface area contributed by atoms with Crippen molar-refractivity contribution in [3.05, 3.63) is 11.8 Å². The van der Waals surface area contributed by atoms with Crippen LogP contribution in [0, 0.1) is 5.92 Å². The van der Waals surface area contributed by atoms with Crippen LogP contribution < -0.4 is 10.0 Å². The SMILES string of the molecule is CSCC(C)CNS(=O)(=O)c1[nH]ncc1CNC(C)C. The predicted octanol–water partition coefficient (Wildman–Crippen LogP) is 1.19. The molecule has 0 radical (unpaired) electrons. The Bertz CT molecular complexity index is 499. The molecule has 0 saturated heterocycles. The first kappa shape index (κ1) is 17.5. The van der Waals surface area contributed by atoms with E-state index in [-0.39, 0.29) is 11.1 Å². The normalized spacial score (nSPS) is 13.8. The molecule has 0 amide bonds. The second-order valence-corrected chi connectivity index (χ2v) is 7.79. The van der Waals surface area contributed by atoms with E-state index >= 15 is 0 Å². The second-order valence-electron chi connectivity index (χ2n) is 5.17. The number of sulfonamides is 1. The zero-order valence-corrected chi connectivity index (χ0v) is 14.1. The molecule has 20 heavy (non-hydrogen) atoms. The standard InChI is InChI=1S/C12H24N4O2S2/c1-9(2)13-6-11-7-14-16-12(11)20(17,18)15-5-10(3)8-19-4/h7,9-10,13,15H,5-6,8H2,1-4H3,(H,14,16). The predicted molar refractivity (Wildman–Crippen MR) is 83.3 cm³/mol. The number of rotatable bonds is 9. The topological polar surface area (TPSA) is 86.9 Å². The molecule has 6 nitrogen and oxygen atoms in total. The summed E-state index contributed by atoms with van der Waals surface area (Å²) >= 11 is 1.71. The number of aromatic nitrogens is 2. The number of thioether (sulfide) groups is 1. The summed E-state index contributed by atoms with van der Waals surface area (Å²) < 4.78 is 27.1. The molecule has 1 aromatic rings. The fourth-order valence-corrected chi connectivity index (χ4v) is 3.62. The Morgan fingerprint density at radius 3 is 2.70 bits per heavy atom. The summed E-state index contributed by atoms with van der Waals surface area (Å²) in [5.41, 5.74) is 0.656. The molecule has 1 rings (SSSR count). The third-order valence-electron chi connectivity index (χ3n) is 2.72. The highest BCUT2D eigenvalue weighted by Crippen LogP contribution is 2.12. The van der Waals surface area contributed by atoms with Gasteiger partial charge in [0, 0.05) is 24.7 Å². The van der Waals surface area contributed by atoms with Crippen molar-refractivity contribution >= 4 is 21.8 Å². The van der Waals surface area contributed by atoms with E-state index in [2.05, 4.69) is 20.2 Å². The van der Waals surface area contributed by atoms with Gasteiger partial charge >= 0.3 is 0 Å². The highest BCUT2D eigenvalue weighted by Gasteiger charge is 2.21. The quantitative estimate of drug-likeness (QED) is 0.636. The maximum atomic E-state index is 12.3. The van der Waals surface area contributed by atoms with Gasteiger partial charge in [-0.15, -0.1) is 0 Å². The summed E-state index contributed by atoms with van der Waals surface area (Å²) in [5.74, 6) is 1.22. The van der Waals surface area contributed by atoms with E-state index in [0.717, 1.165) is 5.75 Å². The summed E-state index contributed by atoms with van der Waals surface area (Å²) in [4.78, 5) is 0. The average molecular weight is 320 g/mol. The minimum atomic E-state index is -3.53. The molecule has 1 unspecified atom stereocenters. The van der Waals surface area contributed by atoms with Gasteiger partial charge in [0.15, 0.2) is 5.03 Å². The Labute approximate surface area is 125 Å². The molecule has 0 spiro atoms. The Kier molecular flexibility index (Phi) is 7.01. The molecule has 1 heterocycles. The van der Waals surface area contributed by atoms with Crippen LogP contribution in [-0.2, 0) is 16.6 Å². The molecular formula is C12H24N4O2S2. The Morgan fingerprint density at radius 1 is 1.40 bits per heavy atom. The van der Waals surface area contributed by atoms with Crippen molar-refractivity contribution in [2.24, 2.45) is 5.92 Å². The molecular weight excluding hydrogens is 296 g/mol. The molecule has 3 N–H and O–H groups in total. The van der Waals surface area contributed by atoms with Crippen molar-refractivity contribution in [1.82, 2.24) is 20.2 Å². The largest absolute Gasteiger partial charge is 0.310 e. The van der Waals surface area contributed by atoms with Gasteiger partial charge in [-0.2, -0.15) is 16.9 Å². The Morgan fingerprint density at radius 2 is 2.10 bits per heavy atom. The lowest BCUT2D eigenvalue weighted by molar-refractivity contribution is 0.552. The van der Waals surface area contributed by atoms with Gasteiger partial charge in [-0.3, -0.25) is 5.10 Å². The summed E-state index contributed by atoms with van der Waals surface area (Å²) in [6, 6.07) is 0.287. The third kappa shape index (κ3) is 5.43. The van der Waals surface area contributed by atoms with Crippen LogP contribution in [0.4, 0.5) is 0 Å². The first-order chi connectivity index (χ1) is 9.36. The lowest BCUT2D eigenvalue weighted by Gasteiger charge is -2.12. The van der Waals surface area contributed by atoms with E-state index in [0.29, 0.717) is 24.6 Å². The first-order valence-corrected chi connectivity index (χ1v) is 9.48. The van der Waals surface area contributed by atoms with Crippen molar-refractivity contribution in [2.45, 2.75) is 38.4 Å². The fraction of sp³-hybridized carbons (Fsp3) is 0.750. The van der Waals surface area contributed by atoms with E-state index in [4.69, 9.17) is 0 Å². The molecule has 0 aliphatic carbocycles. The number of nitrogens with one attached hydrogen (secondary N) is 3. The van der Waals surface area contributed by atoms with E-state index in [9.17, 15) is 8.42 Å². The van der Waals surface area contributed by atoms with E-state index in [1.807, 2.05) is 27.0 Å². The van der Waals surface area contributed by atoms with Crippen LogP contribution in [0.15, 0.2) is 11.2 Å². The molecule has 0 fully saturated rings. The summed E-state index contributed by atoms with van der Waals surface area (Å²) in [6.45, 7) is 6.95. The van der Waals surface area contributed by atoms with Gasteiger partial charge in [0.2, 0.25) is 0 Å². The van der Waals surface area contributed by atoms with Crippen molar-refractivity contribution in [3.63, 3.8) is 0 Å². The van der Waals surface area contributed by atoms with Crippen molar-refractivity contribution in [1.29, 1.82) is 0 Å². The highest BCUT2D eigenvalue weighted by atomic mass is 32.2. The van der Waals surface area contributed by atoms with Crippen LogP contribution in [-0.4, -0.2) is 43.2 Å². The molecule has 0 aromatic carbocycles. The lowest BCUT2D eigenvalue weighted by atomic mass is 10.2. The minimum Gasteiger partial charge on any atom is -0.310 e. The van der Waals surface area contributed by atoms with Gasteiger partial charge < -0.3 is 5.32 Å².